The number of carbonyl (C=O) groups is 1. The third kappa shape index (κ3) is 2.40. The second-order valence-corrected chi connectivity index (χ2v) is 3.20. The molecule has 0 atom stereocenters. The lowest BCUT2D eigenvalue weighted by molar-refractivity contribution is -0.106. The molecule has 0 radical (unpaired) electrons. The fourth-order valence-corrected chi connectivity index (χ4v) is 1.35. The first kappa shape index (κ1) is 9.94. The lowest BCUT2D eigenvalue weighted by Crippen LogP contribution is -2.10. The Hall–Kier alpha value is -1.14. The second-order valence-electron chi connectivity index (χ2n) is 1.97. The minimum Gasteiger partial charge on any atom is -0.398 e. The van der Waals surface area contributed by atoms with Crippen LogP contribution in [0.4, 0.5) is 5.13 Å². The van der Waals surface area contributed by atoms with E-state index in [2.05, 4.69) is 15.0 Å². The summed E-state index contributed by atoms with van der Waals surface area (Å²) in [5.41, 5.74) is 5.65. The molecule has 1 aromatic heterocycles. The van der Waals surface area contributed by atoms with Gasteiger partial charge in [0, 0.05) is 5.38 Å². The number of nitrogens with two attached hydrogens (primary N) is 1. The zero-order chi connectivity index (χ0) is 9.84. The van der Waals surface area contributed by atoms with Gasteiger partial charge in [-0.2, -0.15) is 0 Å². The van der Waals surface area contributed by atoms with Crippen molar-refractivity contribution in [3.8, 4) is 0 Å². The van der Waals surface area contributed by atoms with Crippen molar-refractivity contribution < 1.29 is 9.63 Å². The summed E-state index contributed by atoms with van der Waals surface area (Å²) in [6.07, 6.45) is 0. The number of hydrogen-bond acceptors (Lipinski definition) is 6. The molecule has 13 heavy (non-hydrogen) atoms. The quantitative estimate of drug-likeness (QED) is 0.464. The molecule has 0 bridgehead atoms. The fraction of sp³-hybridized carbons (Fsp3) is 0.167. The first-order chi connectivity index (χ1) is 6.15. The van der Waals surface area contributed by atoms with E-state index in [1.54, 1.807) is 5.38 Å². The summed E-state index contributed by atoms with van der Waals surface area (Å²) < 4.78 is 0. The second kappa shape index (κ2) is 4.20. The maximum absolute atomic E-state index is 10.8. The van der Waals surface area contributed by atoms with Gasteiger partial charge in [-0.05, 0) is 11.6 Å². The first-order valence-electron chi connectivity index (χ1n) is 3.17. The summed E-state index contributed by atoms with van der Waals surface area (Å²) in [6.45, 7) is 0. The predicted molar refractivity (Wildman–Crippen MR) is 50.9 cm³/mol. The number of rotatable bonds is 3. The molecule has 1 aromatic rings. The van der Waals surface area contributed by atoms with Gasteiger partial charge >= 0.3 is 0 Å². The fourth-order valence-electron chi connectivity index (χ4n) is 0.671. The van der Waals surface area contributed by atoms with Crippen molar-refractivity contribution in [1.29, 1.82) is 0 Å². The number of anilines is 1. The van der Waals surface area contributed by atoms with E-state index in [-0.39, 0.29) is 5.71 Å². The number of carbonyl (C=O) groups excluding carboxylic acids is 1. The Labute approximate surface area is 83.2 Å². The van der Waals surface area contributed by atoms with Gasteiger partial charge in [-0.25, -0.2) is 4.98 Å². The van der Waals surface area contributed by atoms with Crippen molar-refractivity contribution in [1.82, 2.24) is 4.98 Å². The molecule has 0 amide bonds. The van der Waals surface area contributed by atoms with Gasteiger partial charge in [0.25, 0.3) is 5.24 Å². The SMILES string of the molecule is CON=C(C(=O)Cl)c1csc(N)n1. The molecular formula is C6H6ClN3O2S. The van der Waals surface area contributed by atoms with E-state index in [1.165, 1.54) is 18.4 Å². The van der Waals surface area contributed by atoms with E-state index in [0.717, 1.165) is 0 Å². The summed E-state index contributed by atoms with van der Waals surface area (Å²) in [7, 11) is 1.32. The Morgan fingerprint density at radius 1 is 1.85 bits per heavy atom. The van der Waals surface area contributed by atoms with Crippen LogP contribution in [0.2, 0.25) is 0 Å². The van der Waals surface area contributed by atoms with Crippen LogP contribution in [0.15, 0.2) is 10.5 Å². The van der Waals surface area contributed by atoms with E-state index in [9.17, 15) is 4.79 Å². The molecule has 0 aliphatic carbocycles. The molecule has 0 unspecified atom stereocenters. The third-order valence-electron chi connectivity index (χ3n) is 1.13. The van der Waals surface area contributed by atoms with Gasteiger partial charge in [-0.15, -0.1) is 11.3 Å². The normalized spacial score (nSPS) is 11.4. The van der Waals surface area contributed by atoms with Crippen LogP contribution in [0.25, 0.3) is 0 Å². The van der Waals surface area contributed by atoms with Gasteiger partial charge in [-0.1, -0.05) is 5.16 Å². The maximum atomic E-state index is 10.8. The van der Waals surface area contributed by atoms with Crippen LogP contribution in [-0.2, 0) is 9.63 Å². The smallest absolute Gasteiger partial charge is 0.276 e. The number of aromatic nitrogens is 1. The predicted octanol–water partition coefficient (Wildman–Crippen LogP) is 0.841. The Balaban J connectivity index is 3.02. The van der Waals surface area contributed by atoms with Crippen LogP contribution in [0.3, 0.4) is 0 Å². The minimum atomic E-state index is -0.729. The topological polar surface area (TPSA) is 77.6 Å². The van der Waals surface area contributed by atoms with E-state index in [0.29, 0.717) is 10.8 Å². The average Bonchev–Trinajstić information content (AvgIpc) is 2.46. The number of hydrogen-bond donors (Lipinski definition) is 1. The zero-order valence-electron chi connectivity index (χ0n) is 6.65. The maximum Gasteiger partial charge on any atom is 0.276 e. The first-order valence-corrected chi connectivity index (χ1v) is 4.43. The summed E-state index contributed by atoms with van der Waals surface area (Å²) >= 11 is 6.44. The summed E-state index contributed by atoms with van der Waals surface area (Å²) in [6, 6.07) is 0. The lowest BCUT2D eigenvalue weighted by atomic mass is 10.3. The van der Waals surface area contributed by atoms with Gasteiger partial charge in [0.2, 0.25) is 0 Å². The number of halogens is 1. The average molecular weight is 220 g/mol. The van der Waals surface area contributed by atoms with Crippen molar-refractivity contribution in [2.45, 2.75) is 0 Å². The Morgan fingerprint density at radius 3 is 2.92 bits per heavy atom. The largest absolute Gasteiger partial charge is 0.398 e. The molecule has 0 spiro atoms. The Kier molecular flexibility index (Phi) is 3.21. The zero-order valence-corrected chi connectivity index (χ0v) is 8.22. The molecule has 0 saturated carbocycles. The molecular weight excluding hydrogens is 214 g/mol. The van der Waals surface area contributed by atoms with Gasteiger partial charge in [-0.3, -0.25) is 4.79 Å². The van der Waals surface area contributed by atoms with Crippen LogP contribution < -0.4 is 5.73 Å². The number of oxime groups is 1. The Bertz CT molecular complexity index is 349. The third-order valence-corrected chi connectivity index (χ3v) is 1.99. The molecule has 0 aromatic carbocycles. The molecule has 0 fully saturated rings. The summed E-state index contributed by atoms with van der Waals surface area (Å²) in [4.78, 5) is 19.1. The minimum absolute atomic E-state index is 0.0443. The molecule has 0 aliphatic heterocycles. The molecule has 5 nitrogen and oxygen atoms in total. The highest BCUT2D eigenvalue weighted by Gasteiger charge is 2.15. The number of thiazole rings is 1. The molecule has 0 saturated heterocycles. The highest BCUT2D eigenvalue weighted by atomic mass is 35.5. The van der Waals surface area contributed by atoms with Gasteiger partial charge < -0.3 is 10.6 Å². The van der Waals surface area contributed by atoms with Crippen LogP contribution in [-0.4, -0.2) is 23.0 Å². The van der Waals surface area contributed by atoms with Gasteiger partial charge in [0.05, 0.1) is 0 Å². The van der Waals surface area contributed by atoms with Crippen molar-refractivity contribution in [3.63, 3.8) is 0 Å². The summed E-state index contributed by atoms with van der Waals surface area (Å²) in [5, 5.41) is 4.62. The molecule has 2 N–H and O–H groups in total. The van der Waals surface area contributed by atoms with Crippen molar-refractivity contribution in [3.05, 3.63) is 11.1 Å². The van der Waals surface area contributed by atoms with Crippen LogP contribution in [0.1, 0.15) is 5.69 Å². The molecule has 70 valence electrons. The van der Waals surface area contributed by atoms with E-state index in [1.807, 2.05) is 0 Å². The van der Waals surface area contributed by atoms with E-state index >= 15 is 0 Å². The monoisotopic (exact) mass is 219 g/mol. The summed E-state index contributed by atoms with van der Waals surface area (Å²) in [5.74, 6) is 0. The van der Waals surface area contributed by atoms with Gasteiger partial charge in [0.15, 0.2) is 10.8 Å². The molecule has 7 heteroatoms. The van der Waals surface area contributed by atoms with Crippen molar-refractivity contribution in [2.24, 2.45) is 5.16 Å². The van der Waals surface area contributed by atoms with Crippen molar-refractivity contribution in [2.75, 3.05) is 12.8 Å². The number of nitrogen functional groups attached to an aromatic ring is 1. The van der Waals surface area contributed by atoms with Crippen LogP contribution >= 0.6 is 22.9 Å². The van der Waals surface area contributed by atoms with E-state index < -0.39 is 5.24 Å². The number of nitrogens with zero attached hydrogens (tertiary/aromatic N) is 2. The highest BCUT2D eigenvalue weighted by molar-refractivity contribution is 7.13. The molecule has 1 heterocycles. The molecule has 0 aliphatic rings. The van der Waals surface area contributed by atoms with Crippen molar-refractivity contribution >= 4 is 39.0 Å². The lowest BCUT2D eigenvalue weighted by Gasteiger charge is -1.94. The Morgan fingerprint density at radius 2 is 2.54 bits per heavy atom. The standard InChI is InChI=1S/C6H6ClN3O2S/c1-12-10-4(5(7)11)3-2-13-6(8)9-3/h2H,1H3,(H2,8,9). The molecule has 1 rings (SSSR count). The van der Waals surface area contributed by atoms with Gasteiger partial charge in [0.1, 0.15) is 12.8 Å². The highest BCUT2D eigenvalue weighted by Crippen LogP contribution is 2.13. The van der Waals surface area contributed by atoms with Crippen LogP contribution in [0, 0.1) is 0 Å². The van der Waals surface area contributed by atoms with E-state index in [4.69, 9.17) is 17.3 Å². The van der Waals surface area contributed by atoms with Crippen LogP contribution in [0.5, 0.6) is 0 Å².